The highest BCUT2D eigenvalue weighted by molar-refractivity contribution is 5.96. The van der Waals surface area contributed by atoms with Gasteiger partial charge in [0.15, 0.2) is 5.41 Å². The van der Waals surface area contributed by atoms with E-state index in [1.54, 1.807) is 17.0 Å². The second kappa shape index (κ2) is 8.26. The Bertz CT molecular complexity index is 866. The van der Waals surface area contributed by atoms with E-state index in [0.717, 1.165) is 37.3 Å². The lowest BCUT2D eigenvalue weighted by Gasteiger charge is -2.30. The summed E-state index contributed by atoms with van der Waals surface area (Å²) >= 11 is 0. The fourth-order valence-corrected chi connectivity index (χ4v) is 4.25. The number of likely N-dealkylation sites (tertiary alicyclic amines) is 1. The minimum Gasteiger partial charge on any atom is -0.357 e. The average Bonchev–Trinajstić information content (AvgIpc) is 3.40. The number of alkyl halides is 3. The summed E-state index contributed by atoms with van der Waals surface area (Å²) in [5, 5.41) is 2.47. The molecule has 1 amide bonds. The summed E-state index contributed by atoms with van der Waals surface area (Å²) in [5.41, 5.74) is -1.21. The normalized spacial score (nSPS) is 22.4. The van der Waals surface area contributed by atoms with Crippen molar-refractivity contribution in [1.82, 2.24) is 9.88 Å². The van der Waals surface area contributed by atoms with Crippen molar-refractivity contribution in [2.24, 2.45) is 5.41 Å². The van der Waals surface area contributed by atoms with Crippen molar-refractivity contribution in [3.8, 4) is 0 Å². The predicted octanol–water partition coefficient (Wildman–Crippen LogP) is 4.07. The molecule has 0 spiro atoms. The maximum absolute atomic E-state index is 14.0. The maximum Gasteiger partial charge on any atom is 0.404 e. The van der Waals surface area contributed by atoms with E-state index >= 15 is 0 Å². The molecule has 1 unspecified atom stereocenters. The van der Waals surface area contributed by atoms with E-state index in [1.807, 2.05) is 30.3 Å². The Morgan fingerprint density at radius 2 is 1.80 bits per heavy atom. The number of pyridine rings is 1. The first-order valence-electron chi connectivity index (χ1n) is 10.2. The Morgan fingerprint density at radius 3 is 2.43 bits per heavy atom. The van der Waals surface area contributed by atoms with Gasteiger partial charge in [0.25, 0.3) is 0 Å². The number of hydrogen-bond donors (Lipinski definition) is 1. The lowest BCUT2D eigenvalue weighted by molar-refractivity contribution is -0.215. The first kappa shape index (κ1) is 20.7. The van der Waals surface area contributed by atoms with Crippen LogP contribution in [0.4, 0.5) is 24.7 Å². The molecule has 5 nitrogen and oxygen atoms in total. The van der Waals surface area contributed by atoms with Crippen LogP contribution in [0.15, 0.2) is 48.7 Å². The second-order valence-corrected chi connectivity index (χ2v) is 8.08. The van der Waals surface area contributed by atoms with Gasteiger partial charge in [-0.05, 0) is 43.5 Å². The third kappa shape index (κ3) is 4.14. The van der Waals surface area contributed by atoms with Crippen molar-refractivity contribution in [2.45, 2.75) is 32.0 Å². The van der Waals surface area contributed by atoms with E-state index < -0.39 is 17.5 Å². The van der Waals surface area contributed by atoms with Crippen LogP contribution in [0.3, 0.4) is 0 Å². The van der Waals surface area contributed by atoms with Gasteiger partial charge in [-0.15, -0.1) is 0 Å². The summed E-state index contributed by atoms with van der Waals surface area (Å²) < 4.78 is 42.1. The zero-order valence-corrected chi connectivity index (χ0v) is 16.7. The fourth-order valence-electron chi connectivity index (χ4n) is 4.25. The molecule has 2 fully saturated rings. The van der Waals surface area contributed by atoms with Gasteiger partial charge in [-0.1, -0.05) is 30.3 Å². The second-order valence-electron chi connectivity index (χ2n) is 8.08. The number of carbonyl (C=O) groups is 1. The van der Waals surface area contributed by atoms with E-state index in [9.17, 15) is 18.0 Å². The highest BCUT2D eigenvalue weighted by Crippen LogP contribution is 2.46. The van der Waals surface area contributed by atoms with Gasteiger partial charge >= 0.3 is 6.18 Å². The first-order valence-corrected chi connectivity index (χ1v) is 10.2. The van der Waals surface area contributed by atoms with Crippen molar-refractivity contribution < 1.29 is 18.0 Å². The van der Waals surface area contributed by atoms with Gasteiger partial charge in [0.05, 0.1) is 11.9 Å². The van der Waals surface area contributed by atoms with Gasteiger partial charge in [-0.2, -0.15) is 13.2 Å². The molecule has 0 saturated carbocycles. The quantitative estimate of drug-likeness (QED) is 0.795. The molecule has 1 aromatic carbocycles. The molecule has 1 N–H and O–H groups in total. The number of nitrogens with one attached hydrogen (secondary N) is 1. The summed E-state index contributed by atoms with van der Waals surface area (Å²) in [6, 6.07) is 12.7. The Labute approximate surface area is 173 Å². The molecule has 4 rings (SSSR count). The van der Waals surface area contributed by atoms with Crippen LogP contribution < -0.4 is 10.2 Å². The molecule has 0 radical (unpaired) electrons. The Balaban J connectivity index is 1.46. The molecule has 2 saturated heterocycles. The summed E-state index contributed by atoms with van der Waals surface area (Å²) in [4.78, 5) is 21.0. The van der Waals surface area contributed by atoms with Gasteiger partial charge in [-0.3, -0.25) is 9.69 Å². The third-order valence-corrected chi connectivity index (χ3v) is 6.01. The Morgan fingerprint density at radius 1 is 1.07 bits per heavy atom. The van der Waals surface area contributed by atoms with Crippen molar-refractivity contribution in [3.05, 3.63) is 54.2 Å². The summed E-state index contributed by atoms with van der Waals surface area (Å²) in [6.45, 7) is 2.10. The zero-order chi connectivity index (χ0) is 21.2. The van der Waals surface area contributed by atoms with Crippen molar-refractivity contribution >= 4 is 17.4 Å². The van der Waals surface area contributed by atoms with Crippen molar-refractivity contribution in [2.75, 3.05) is 36.4 Å². The highest BCUT2D eigenvalue weighted by Gasteiger charge is 2.63. The smallest absolute Gasteiger partial charge is 0.357 e. The maximum atomic E-state index is 14.0. The van der Waals surface area contributed by atoms with Gasteiger partial charge in [-0.25, -0.2) is 4.98 Å². The number of amides is 1. The molecule has 8 heteroatoms. The van der Waals surface area contributed by atoms with Crippen LogP contribution in [0, 0.1) is 5.41 Å². The molecule has 1 atom stereocenters. The molecule has 3 heterocycles. The van der Waals surface area contributed by atoms with Gasteiger partial charge < -0.3 is 10.2 Å². The number of halogens is 3. The first-order chi connectivity index (χ1) is 14.4. The Hall–Kier alpha value is -2.61. The van der Waals surface area contributed by atoms with Crippen LogP contribution in [0.25, 0.3) is 0 Å². The van der Waals surface area contributed by atoms with Gasteiger partial charge in [0.1, 0.15) is 5.82 Å². The minimum absolute atomic E-state index is 0.216. The molecule has 30 heavy (non-hydrogen) atoms. The van der Waals surface area contributed by atoms with Crippen LogP contribution in [-0.4, -0.2) is 48.1 Å². The molecule has 2 aliphatic heterocycles. The summed E-state index contributed by atoms with van der Waals surface area (Å²) in [7, 11) is 0. The molecular weight excluding hydrogens is 393 g/mol. The van der Waals surface area contributed by atoms with Crippen LogP contribution in [-0.2, 0) is 11.3 Å². The van der Waals surface area contributed by atoms with Crippen molar-refractivity contribution in [1.29, 1.82) is 0 Å². The van der Waals surface area contributed by atoms with Crippen molar-refractivity contribution in [3.63, 3.8) is 0 Å². The van der Waals surface area contributed by atoms with Crippen LogP contribution in [0.2, 0.25) is 0 Å². The predicted molar refractivity (Wildman–Crippen MR) is 109 cm³/mol. The summed E-state index contributed by atoms with van der Waals surface area (Å²) in [5.74, 6) is -0.229. The number of nitrogens with zero attached hydrogens (tertiary/aromatic N) is 3. The number of benzene rings is 1. The lowest BCUT2D eigenvalue weighted by atomic mass is 9.85. The number of anilines is 2. The van der Waals surface area contributed by atoms with Gasteiger partial charge in [0.2, 0.25) is 5.91 Å². The number of aromatic nitrogens is 1. The fraction of sp³-hybridized carbons (Fsp3) is 0.455. The number of hydrogen-bond acceptors (Lipinski definition) is 4. The monoisotopic (exact) mass is 418 g/mol. The van der Waals surface area contributed by atoms with E-state index in [1.165, 1.54) is 6.20 Å². The molecule has 2 aromatic rings. The number of carbonyl (C=O) groups excluding carboxylic acids is 1. The number of rotatable bonds is 5. The van der Waals surface area contributed by atoms with E-state index in [4.69, 9.17) is 0 Å². The van der Waals surface area contributed by atoms with Crippen LogP contribution in [0.5, 0.6) is 0 Å². The van der Waals surface area contributed by atoms with Crippen LogP contribution >= 0.6 is 0 Å². The lowest BCUT2D eigenvalue weighted by Crippen LogP contribution is -2.49. The summed E-state index contributed by atoms with van der Waals surface area (Å²) in [6.07, 6.45) is -1.24. The SMILES string of the molecule is O=C(Nc1ccc(N2CCCC2)nc1)C1(C(F)(F)F)CCN(Cc2ccccc2)C1. The van der Waals surface area contributed by atoms with E-state index in [0.29, 0.717) is 6.54 Å². The Kier molecular flexibility index (Phi) is 5.69. The molecule has 160 valence electrons. The molecule has 0 aliphatic carbocycles. The van der Waals surface area contributed by atoms with E-state index in [2.05, 4.69) is 15.2 Å². The van der Waals surface area contributed by atoms with Gasteiger partial charge in [0, 0.05) is 26.2 Å². The molecule has 0 bridgehead atoms. The zero-order valence-electron chi connectivity index (χ0n) is 16.7. The largest absolute Gasteiger partial charge is 0.404 e. The molecular formula is C22H25F3N4O. The molecule has 2 aliphatic rings. The third-order valence-electron chi connectivity index (χ3n) is 6.01. The topological polar surface area (TPSA) is 48.5 Å². The minimum atomic E-state index is -4.63. The highest BCUT2D eigenvalue weighted by atomic mass is 19.4. The van der Waals surface area contributed by atoms with Crippen LogP contribution in [0.1, 0.15) is 24.8 Å². The average molecular weight is 418 g/mol. The standard InChI is InChI=1S/C22H25F3N4O/c23-22(24,25)21(10-13-28(16-21)15-17-6-2-1-3-7-17)20(30)27-18-8-9-19(26-14-18)29-11-4-5-12-29/h1-3,6-9,14H,4-5,10-13,15-16H2,(H,27,30). The molecule has 1 aromatic heterocycles. The van der Waals surface area contributed by atoms with E-state index in [-0.39, 0.29) is 25.2 Å².